The monoisotopic (exact) mass is 225 g/mol. The number of ether oxygens (including phenoxy) is 2. The van der Waals surface area contributed by atoms with Crippen LogP contribution in [0, 0.1) is 5.82 Å². The number of hydrogen-bond acceptors (Lipinski definition) is 3. The maximum atomic E-state index is 13.6. The summed E-state index contributed by atoms with van der Waals surface area (Å²) in [5.74, 6) is -0.0882. The highest BCUT2D eigenvalue weighted by atomic mass is 19.1. The molecule has 0 aromatic heterocycles. The van der Waals surface area contributed by atoms with E-state index in [1.54, 1.807) is 12.1 Å². The van der Waals surface area contributed by atoms with Crippen molar-refractivity contribution < 1.29 is 13.9 Å². The Labute approximate surface area is 94.3 Å². The van der Waals surface area contributed by atoms with E-state index < -0.39 is 0 Å². The summed E-state index contributed by atoms with van der Waals surface area (Å²) in [6.45, 7) is 3.01. The predicted octanol–water partition coefficient (Wildman–Crippen LogP) is 2.01. The highest BCUT2D eigenvalue weighted by molar-refractivity contribution is 5.37. The Kier molecular flexibility index (Phi) is 3.41. The average molecular weight is 225 g/mol. The fourth-order valence-corrected chi connectivity index (χ4v) is 1.78. The van der Waals surface area contributed by atoms with Gasteiger partial charge in [-0.25, -0.2) is 4.39 Å². The van der Waals surface area contributed by atoms with E-state index in [2.05, 4.69) is 0 Å². The average Bonchev–Trinajstić information content (AvgIpc) is 2.73. The standard InChI is InChI=1S/C12H16FNO2/c1-8(14)10-3-2-4-11(13)12(10)16-9-5-6-15-7-9/h2-4,8-9H,5-7,14H2,1H3/t8-,9?/m1/s1. The second kappa shape index (κ2) is 4.80. The lowest BCUT2D eigenvalue weighted by Crippen LogP contribution is -2.19. The van der Waals surface area contributed by atoms with E-state index in [0.717, 1.165) is 6.42 Å². The Morgan fingerprint density at radius 2 is 2.38 bits per heavy atom. The summed E-state index contributed by atoms with van der Waals surface area (Å²) in [6, 6.07) is 4.58. The Bertz CT molecular complexity index is 362. The highest BCUT2D eigenvalue weighted by Crippen LogP contribution is 2.29. The molecule has 0 bridgehead atoms. The smallest absolute Gasteiger partial charge is 0.165 e. The molecule has 0 spiro atoms. The Morgan fingerprint density at radius 3 is 3.00 bits per heavy atom. The van der Waals surface area contributed by atoms with Gasteiger partial charge in [-0.2, -0.15) is 0 Å². The van der Waals surface area contributed by atoms with Crippen molar-refractivity contribution in [3.63, 3.8) is 0 Å². The summed E-state index contributed by atoms with van der Waals surface area (Å²) < 4.78 is 24.5. The number of benzene rings is 1. The van der Waals surface area contributed by atoms with Crippen molar-refractivity contribution in [1.82, 2.24) is 0 Å². The van der Waals surface area contributed by atoms with Gasteiger partial charge in [0.2, 0.25) is 0 Å². The zero-order valence-electron chi connectivity index (χ0n) is 9.28. The first kappa shape index (κ1) is 11.4. The lowest BCUT2D eigenvalue weighted by Gasteiger charge is -2.17. The quantitative estimate of drug-likeness (QED) is 0.855. The molecule has 1 aromatic rings. The predicted molar refractivity (Wildman–Crippen MR) is 58.9 cm³/mol. The zero-order chi connectivity index (χ0) is 11.5. The van der Waals surface area contributed by atoms with Crippen LogP contribution in [-0.2, 0) is 4.74 Å². The molecule has 1 fully saturated rings. The van der Waals surface area contributed by atoms with Crippen molar-refractivity contribution in [2.45, 2.75) is 25.5 Å². The van der Waals surface area contributed by atoms with Gasteiger partial charge in [0.05, 0.1) is 13.2 Å². The molecule has 1 unspecified atom stereocenters. The molecule has 2 N–H and O–H groups in total. The molecule has 1 aliphatic heterocycles. The molecule has 0 saturated carbocycles. The molecule has 16 heavy (non-hydrogen) atoms. The molecule has 1 aliphatic rings. The number of halogens is 1. The highest BCUT2D eigenvalue weighted by Gasteiger charge is 2.21. The van der Waals surface area contributed by atoms with Gasteiger partial charge in [0.25, 0.3) is 0 Å². The lowest BCUT2D eigenvalue weighted by molar-refractivity contribution is 0.137. The summed E-state index contributed by atoms with van der Waals surface area (Å²) in [6.07, 6.45) is 0.738. The molecule has 0 aliphatic carbocycles. The topological polar surface area (TPSA) is 44.5 Å². The second-order valence-corrected chi connectivity index (χ2v) is 4.05. The van der Waals surface area contributed by atoms with Gasteiger partial charge in [-0.05, 0) is 13.0 Å². The summed E-state index contributed by atoms with van der Waals surface area (Å²) in [7, 11) is 0. The maximum Gasteiger partial charge on any atom is 0.165 e. The minimum Gasteiger partial charge on any atom is -0.485 e. The first-order valence-electron chi connectivity index (χ1n) is 5.47. The van der Waals surface area contributed by atoms with Crippen LogP contribution in [0.1, 0.15) is 24.9 Å². The minimum absolute atomic E-state index is 0.0607. The third kappa shape index (κ3) is 2.33. The number of rotatable bonds is 3. The summed E-state index contributed by atoms with van der Waals surface area (Å²) >= 11 is 0. The van der Waals surface area contributed by atoms with E-state index in [0.29, 0.717) is 18.8 Å². The summed E-state index contributed by atoms with van der Waals surface area (Å²) in [5, 5.41) is 0. The van der Waals surface area contributed by atoms with Crippen LogP contribution in [0.25, 0.3) is 0 Å². The van der Waals surface area contributed by atoms with Crippen LogP contribution >= 0.6 is 0 Å². The van der Waals surface area contributed by atoms with Crippen molar-refractivity contribution >= 4 is 0 Å². The largest absolute Gasteiger partial charge is 0.485 e. The fraction of sp³-hybridized carbons (Fsp3) is 0.500. The number of para-hydroxylation sites is 1. The number of nitrogens with two attached hydrogens (primary N) is 1. The zero-order valence-corrected chi connectivity index (χ0v) is 9.28. The third-order valence-electron chi connectivity index (χ3n) is 2.66. The Hall–Kier alpha value is -1.13. The van der Waals surface area contributed by atoms with E-state index in [4.69, 9.17) is 15.2 Å². The van der Waals surface area contributed by atoms with Gasteiger partial charge in [-0.3, -0.25) is 0 Å². The number of hydrogen-bond donors (Lipinski definition) is 1. The molecule has 4 heteroatoms. The molecule has 1 saturated heterocycles. The molecule has 2 rings (SSSR count). The maximum absolute atomic E-state index is 13.6. The van der Waals surface area contributed by atoms with Crippen LogP contribution in [0.4, 0.5) is 4.39 Å². The van der Waals surface area contributed by atoms with Crippen molar-refractivity contribution in [2.24, 2.45) is 5.73 Å². The van der Waals surface area contributed by atoms with Crippen LogP contribution in [0.15, 0.2) is 18.2 Å². The Morgan fingerprint density at radius 1 is 1.56 bits per heavy atom. The SMILES string of the molecule is C[C@@H](N)c1cccc(F)c1OC1CCOC1. The van der Waals surface area contributed by atoms with Crippen LogP contribution in [-0.4, -0.2) is 19.3 Å². The first-order chi connectivity index (χ1) is 7.68. The van der Waals surface area contributed by atoms with Crippen LogP contribution in [0.3, 0.4) is 0 Å². The Balaban J connectivity index is 2.23. The van der Waals surface area contributed by atoms with Crippen LogP contribution in [0.5, 0.6) is 5.75 Å². The third-order valence-corrected chi connectivity index (χ3v) is 2.66. The fourth-order valence-electron chi connectivity index (χ4n) is 1.78. The normalized spacial score (nSPS) is 22.1. The summed E-state index contributed by atoms with van der Waals surface area (Å²) in [4.78, 5) is 0. The molecular formula is C12H16FNO2. The molecule has 1 heterocycles. The molecule has 1 aromatic carbocycles. The molecule has 0 amide bonds. The van der Waals surface area contributed by atoms with E-state index in [1.165, 1.54) is 6.07 Å². The van der Waals surface area contributed by atoms with Crippen molar-refractivity contribution in [2.75, 3.05) is 13.2 Å². The lowest BCUT2D eigenvalue weighted by atomic mass is 10.1. The van der Waals surface area contributed by atoms with Crippen molar-refractivity contribution in [1.29, 1.82) is 0 Å². The van der Waals surface area contributed by atoms with Crippen LogP contribution < -0.4 is 10.5 Å². The van der Waals surface area contributed by atoms with Gasteiger partial charge in [-0.15, -0.1) is 0 Å². The van der Waals surface area contributed by atoms with E-state index >= 15 is 0 Å². The van der Waals surface area contributed by atoms with Gasteiger partial charge in [0.1, 0.15) is 6.10 Å². The van der Waals surface area contributed by atoms with Gasteiger partial charge in [0.15, 0.2) is 11.6 Å². The van der Waals surface area contributed by atoms with E-state index in [9.17, 15) is 4.39 Å². The first-order valence-corrected chi connectivity index (χ1v) is 5.47. The summed E-state index contributed by atoms with van der Waals surface area (Å²) in [5.41, 5.74) is 6.48. The molecule has 0 radical (unpaired) electrons. The van der Waals surface area contributed by atoms with Crippen molar-refractivity contribution in [3.8, 4) is 5.75 Å². The van der Waals surface area contributed by atoms with E-state index in [1.807, 2.05) is 6.92 Å². The van der Waals surface area contributed by atoms with E-state index in [-0.39, 0.29) is 23.7 Å². The van der Waals surface area contributed by atoms with Crippen LogP contribution in [0.2, 0.25) is 0 Å². The van der Waals surface area contributed by atoms with Gasteiger partial charge in [0, 0.05) is 18.0 Å². The molecule has 2 atom stereocenters. The van der Waals surface area contributed by atoms with Gasteiger partial charge in [-0.1, -0.05) is 12.1 Å². The molecular weight excluding hydrogens is 209 g/mol. The molecule has 88 valence electrons. The second-order valence-electron chi connectivity index (χ2n) is 4.05. The molecule has 3 nitrogen and oxygen atoms in total. The van der Waals surface area contributed by atoms with Gasteiger partial charge >= 0.3 is 0 Å². The minimum atomic E-state index is -0.360. The van der Waals surface area contributed by atoms with Gasteiger partial charge < -0.3 is 15.2 Å². The van der Waals surface area contributed by atoms with Crippen molar-refractivity contribution in [3.05, 3.63) is 29.6 Å².